The van der Waals surface area contributed by atoms with Gasteiger partial charge in [-0.1, -0.05) is 0 Å². The smallest absolute Gasteiger partial charge is 0.267 e. The van der Waals surface area contributed by atoms with Crippen LogP contribution in [0.1, 0.15) is 21.7 Å². The summed E-state index contributed by atoms with van der Waals surface area (Å²) >= 11 is 4.77. The zero-order valence-electron chi connectivity index (χ0n) is 9.82. The molecule has 18 heavy (non-hydrogen) atoms. The summed E-state index contributed by atoms with van der Waals surface area (Å²) in [6.45, 7) is 3.75. The van der Waals surface area contributed by atoms with Crippen LogP contribution in [0.2, 0.25) is 0 Å². The highest BCUT2D eigenvalue weighted by atomic mass is 79.9. The van der Waals surface area contributed by atoms with Crippen molar-refractivity contribution in [2.24, 2.45) is 0 Å². The average Bonchev–Trinajstić information content (AvgIpc) is 2.71. The lowest BCUT2D eigenvalue weighted by Gasteiger charge is -2.07. The summed E-state index contributed by atoms with van der Waals surface area (Å²) in [5.74, 6) is 0.162. The molecule has 0 saturated heterocycles. The van der Waals surface area contributed by atoms with Crippen LogP contribution in [0.25, 0.3) is 0 Å². The van der Waals surface area contributed by atoms with Crippen molar-refractivity contribution in [3.8, 4) is 0 Å². The zero-order chi connectivity index (χ0) is 13.1. The maximum atomic E-state index is 11.8. The molecule has 0 saturated carbocycles. The Morgan fingerprint density at radius 2 is 1.94 bits per heavy atom. The maximum absolute atomic E-state index is 11.8. The third kappa shape index (κ3) is 3.27. The van der Waals surface area contributed by atoms with Crippen LogP contribution in [0.15, 0.2) is 21.3 Å². The van der Waals surface area contributed by atoms with Gasteiger partial charge < -0.3 is 0 Å². The average molecular weight is 327 g/mol. The molecule has 94 valence electrons. The minimum Gasteiger partial charge on any atom is -0.267 e. The van der Waals surface area contributed by atoms with Crippen LogP contribution in [0.5, 0.6) is 0 Å². The third-order valence-corrected chi connectivity index (χ3v) is 3.60. The van der Waals surface area contributed by atoms with Crippen molar-refractivity contribution in [1.82, 2.24) is 15.4 Å². The Bertz CT molecular complexity index is 564. The summed E-state index contributed by atoms with van der Waals surface area (Å²) in [5.41, 5.74) is 7.53. The van der Waals surface area contributed by atoms with E-state index < -0.39 is 0 Å². The minimum atomic E-state index is -0.222. The summed E-state index contributed by atoms with van der Waals surface area (Å²) in [6, 6.07) is 3.62. The topological polar surface area (TPSA) is 66.9 Å². The van der Waals surface area contributed by atoms with E-state index in [1.165, 1.54) is 11.3 Å². The van der Waals surface area contributed by atoms with Gasteiger partial charge in [0.2, 0.25) is 5.95 Å². The molecule has 5 nitrogen and oxygen atoms in total. The van der Waals surface area contributed by atoms with Gasteiger partial charge >= 0.3 is 0 Å². The summed E-state index contributed by atoms with van der Waals surface area (Å²) in [6.07, 6.45) is 0. The molecule has 2 aromatic heterocycles. The van der Waals surface area contributed by atoms with E-state index in [2.05, 4.69) is 36.7 Å². The van der Waals surface area contributed by atoms with Crippen LogP contribution in [-0.4, -0.2) is 15.9 Å². The lowest BCUT2D eigenvalue weighted by molar-refractivity contribution is 0.0962. The molecule has 1 amide bonds. The van der Waals surface area contributed by atoms with Gasteiger partial charge in [0, 0.05) is 16.8 Å². The van der Waals surface area contributed by atoms with E-state index in [0.29, 0.717) is 11.5 Å². The fourth-order valence-corrected chi connectivity index (χ4v) is 2.53. The van der Waals surface area contributed by atoms with Crippen LogP contribution in [0, 0.1) is 13.8 Å². The maximum Gasteiger partial charge on any atom is 0.270 e. The number of thiophene rings is 1. The van der Waals surface area contributed by atoms with Gasteiger partial charge in [-0.2, -0.15) is 0 Å². The molecule has 0 spiro atoms. The lowest BCUT2D eigenvalue weighted by atomic mass is 10.3. The molecule has 0 aliphatic heterocycles. The summed E-state index contributed by atoms with van der Waals surface area (Å²) in [5, 5.41) is 1.77. The number of amides is 1. The first-order chi connectivity index (χ1) is 8.54. The van der Waals surface area contributed by atoms with E-state index in [1.807, 2.05) is 19.9 Å². The van der Waals surface area contributed by atoms with Gasteiger partial charge in [0.1, 0.15) is 0 Å². The third-order valence-electron chi connectivity index (χ3n) is 2.10. The molecule has 2 aromatic rings. The number of nitrogens with zero attached hydrogens (tertiary/aromatic N) is 2. The van der Waals surface area contributed by atoms with Gasteiger partial charge in [0.05, 0.1) is 9.35 Å². The van der Waals surface area contributed by atoms with Gasteiger partial charge in [-0.15, -0.1) is 11.3 Å². The van der Waals surface area contributed by atoms with Gasteiger partial charge in [0.25, 0.3) is 5.91 Å². The molecule has 2 N–H and O–H groups in total. The Balaban J connectivity index is 2.01. The normalized spacial score (nSPS) is 10.2. The number of hydrogen-bond acceptors (Lipinski definition) is 5. The standard InChI is InChI=1S/C11H11BrN4OS/c1-6-3-7(2)14-11(13-6)16-15-10(17)8-4-9(12)18-5-8/h3-5H,1-2H3,(H,15,17)(H,13,14,16). The minimum absolute atomic E-state index is 0.222. The molecule has 0 unspecified atom stereocenters. The highest BCUT2D eigenvalue weighted by molar-refractivity contribution is 9.11. The lowest BCUT2D eigenvalue weighted by Crippen LogP contribution is -2.30. The number of carbonyl (C=O) groups is 1. The Kier molecular flexibility index (Phi) is 3.93. The second kappa shape index (κ2) is 5.45. The molecule has 0 atom stereocenters. The Morgan fingerprint density at radius 1 is 1.28 bits per heavy atom. The molecule has 2 heterocycles. The zero-order valence-corrected chi connectivity index (χ0v) is 12.2. The quantitative estimate of drug-likeness (QED) is 0.851. The van der Waals surface area contributed by atoms with Crippen molar-refractivity contribution in [2.75, 3.05) is 5.43 Å². The number of hydrazine groups is 1. The van der Waals surface area contributed by atoms with Crippen molar-refractivity contribution >= 4 is 39.1 Å². The van der Waals surface area contributed by atoms with E-state index in [-0.39, 0.29) is 5.91 Å². The summed E-state index contributed by atoms with van der Waals surface area (Å²) in [7, 11) is 0. The molecule has 0 aromatic carbocycles. The first kappa shape index (κ1) is 13.0. The van der Waals surface area contributed by atoms with Gasteiger partial charge in [-0.25, -0.2) is 9.97 Å². The highest BCUT2D eigenvalue weighted by Gasteiger charge is 2.08. The van der Waals surface area contributed by atoms with Crippen molar-refractivity contribution < 1.29 is 4.79 Å². The summed E-state index contributed by atoms with van der Waals surface area (Å²) in [4.78, 5) is 20.1. The molecule has 2 rings (SSSR count). The van der Waals surface area contributed by atoms with Crippen LogP contribution in [0.4, 0.5) is 5.95 Å². The molecular weight excluding hydrogens is 316 g/mol. The Hall–Kier alpha value is -1.47. The Morgan fingerprint density at radius 3 is 2.50 bits per heavy atom. The van der Waals surface area contributed by atoms with Crippen molar-refractivity contribution in [2.45, 2.75) is 13.8 Å². The summed E-state index contributed by atoms with van der Waals surface area (Å²) < 4.78 is 0.912. The van der Waals surface area contributed by atoms with Crippen LogP contribution in [-0.2, 0) is 0 Å². The van der Waals surface area contributed by atoms with Gasteiger partial charge in [-0.05, 0) is 41.9 Å². The van der Waals surface area contributed by atoms with Crippen molar-refractivity contribution in [1.29, 1.82) is 0 Å². The van der Waals surface area contributed by atoms with Crippen LogP contribution < -0.4 is 10.9 Å². The number of carbonyl (C=O) groups excluding carboxylic acids is 1. The second-order valence-electron chi connectivity index (χ2n) is 3.69. The van der Waals surface area contributed by atoms with E-state index in [0.717, 1.165) is 15.2 Å². The van der Waals surface area contributed by atoms with E-state index in [9.17, 15) is 4.79 Å². The SMILES string of the molecule is Cc1cc(C)nc(NNC(=O)c2csc(Br)c2)n1. The predicted molar refractivity (Wildman–Crippen MR) is 74.6 cm³/mol. The molecule has 7 heteroatoms. The van der Waals surface area contributed by atoms with Crippen LogP contribution >= 0.6 is 27.3 Å². The number of rotatable bonds is 3. The fraction of sp³-hybridized carbons (Fsp3) is 0.182. The molecule has 0 bridgehead atoms. The molecule has 0 aliphatic rings. The molecule has 0 fully saturated rings. The fourth-order valence-electron chi connectivity index (χ4n) is 1.40. The Labute approximate surface area is 117 Å². The van der Waals surface area contributed by atoms with Gasteiger partial charge in [-0.3, -0.25) is 15.6 Å². The largest absolute Gasteiger partial charge is 0.270 e. The number of halogens is 1. The molecule has 0 radical (unpaired) electrons. The first-order valence-corrected chi connectivity index (χ1v) is 6.84. The number of aryl methyl sites for hydroxylation is 2. The van der Waals surface area contributed by atoms with Crippen molar-refractivity contribution in [3.63, 3.8) is 0 Å². The van der Waals surface area contributed by atoms with E-state index in [4.69, 9.17) is 0 Å². The number of anilines is 1. The van der Waals surface area contributed by atoms with Gasteiger partial charge in [0.15, 0.2) is 0 Å². The number of nitrogens with one attached hydrogen (secondary N) is 2. The molecule has 0 aliphatic carbocycles. The predicted octanol–water partition coefficient (Wildman–Crippen LogP) is 2.67. The monoisotopic (exact) mass is 326 g/mol. The second-order valence-corrected chi connectivity index (χ2v) is 5.98. The van der Waals surface area contributed by atoms with Crippen molar-refractivity contribution in [3.05, 3.63) is 38.3 Å². The number of hydrogen-bond donors (Lipinski definition) is 2. The van der Waals surface area contributed by atoms with E-state index >= 15 is 0 Å². The van der Waals surface area contributed by atoms with Crippen LogP contribution in [0.3, 0.4) is 0 Å². The van der Waals surface area contributed by atoms with E-state index in [1.54, 1.807) is 11.4 Å². The highest BCUT2D eigenvalue weighted by Crippen LogP contribution is 2.20. The molecular formula is C11H11BrN4OS. The number of aromatic nitrogens is 2. The first-order valence-electron chi connectivity index (χ1n) is 5.17.